The smallest absolute Gasteiger partial charge is 0.310 e. The second-order valence-corrected chi connectivity index (χ2v) is 3.08. The van der Waals surface area contributed by atoms with Crippen LogP contribution < -0.4 is 0 Å². The van der Waals surface area contributed by atoms with Crippen LogP contribution in [-0.4, -0.2) is 17.6 Å². The summed E-state index contributed by atoms with van der Waals surface area (Å²) < 4.78 is 55.5. The Morgan fingerprint density at radius 3 is 2.65 bits per heavy atom. The lowest BCUT2D eigenvalue weighted by Gasteiger charge is -2.09. The minimum Gasteiger partial charge on any atom is -0.466 e. The van der Waals surface area contributed by atoms with Crippen LogP contribution in [0.2, 0.25) is 0 Å². The number of alkyl halides is 2. The molecule has 0 aliphatic heterocycles. The first kappa shape index (κ1) is 13.4. The summed E-state index contributed by atoms with van der Waals surface area (Å²) in [5.41, 5.74) is -1.53. The van der Waals surface area contributed by atoms with Crippen LogP contribution in [0.25, 0.3) is 0 Å². The summed E-state index contributed by atoms with van der Waals surface area (Å²) >= 11 is 0. The number of pyridine rings is 1. The minimum absolute atomic E-state index is 0.0258. The van der Waals surface area contributed by atoms with E-state index >= 15 is 0 Å². The number of hydrogen-bond acceptors (Lipinski definition) is 3. The van der Waals surface area contributed by atoms with Crippen molar-refractivity contribution in [3.8, 4) is 0 Å². The quantitative estimate of drug-likeness (QED) is 0.468. The topological polar surface area (TPSA) is 39.2 Å². The lowest BCUT2D eigenvalue weighted by molar-refractivity contribution is -0.142. The highest BCUT2D eigenvalue weighted by atomic mass is 19.3. The van der Waals surface area contributed by atoms with Gasteiger partial charge in [-0.2, -0.15) is 4.39 Å². The molecule has 0 bridgehead atoms. The number of carbonyl (C=O) groups is 1. The predicted molar refractivity (Wildman–Crippen MR) is 49.4 cm³/mol. The van der Waals surface area contributed by atoms with Gasteiger partial charge < -0.3 is 4.74 Å². The molecule has 0 amide bonds. The van der Waals surface area contributed by atoms with Crippen LogP contribution in [0.15, 0.2) is 6.20 Å². The third-order valence-electron chi connectivity index (χ3n) is 1.97. The molecule has 0 unspecified atom stereocenters. The zero-order valence-corrected chi connectivity index (χ0v) is 8.84. The molecule has 1 rings (SSSR count). The molecule has 94 valence electrons. The van der Waals surface area contributed by atoms with Crippen molar-refractivity contribution in [1.29, 1.82) is 0 Å². The largest absolute Gasteiger partial charge is 0.466 e. The van der Waals surface area contributed by atoms with E-state index in [-0.39, 0.29) is 6.61 Å². The van der Waals surface area contributed by atoms with Crippen molar-refractivity contribution in [3.05, 3.63) is 29.1 Å². The van der Waals surface area contributed by atoms with Crippen molar-refractivity contribution in [2.45, 2.75) is 19.8 Å². The molecular formula is C10H9F4NO2. The Kier molecular flexibility index (Phi) is 4.42. The molecule has 0 saturated heterocycles. The molecule has 0 aliphatic carbocycles. The van der Waals surface area contributed by atoms with E-state index in [4.69, 9.17) is 0 Å². The summed E-state index contributed by atoms with van der Waals surface area (Å²) in [7, 11) is 0. The Labute approximate surface area is 94.4 Å². The van der Waals surface area contributed by atoms with Gasteiger partial charge in [-0.15, -0.1) is 0 Å². The van der Waals surface area contributed by atoms with E-state index in [0.29, 0.717) is 6.20 Å². The monoisotopic (exact) mass is 251 g/mol. The molecule has 7 heteroatoms. The molecule has 3 nitrogen and oxygen atoms in total. The highest BCUT2D eigenvalue weighted by Crippen LogP contribution is 2.25. The summed E-state index contributed by atoms with van der Waals surface area (Å²) in [6.45, 7) is 1.54. The number of rotatable bonds is 4. The average Bonchev–Trinajstić information content (AvgIpc) is 2.25. The van der Waals surface area contributed by atoms with Crippen LogP contribution in [0.3, 0.4) is 0 Å². The molecule has 0 aliphatic rings. The first-order chi connectivity index (χ1) is 7.97. The van der Waals surface area contributed by atoms with Crippen LogP contribution in [-0.2, 0) is 16.0 Å². The Morgan fingerprint density at radius 2 is 2.12 bits per heavy atom. The number of esters is 1. The second kappa shape index (κ2) is 5.60. The van der Waals surface area contributed by atoms with Gasteiger partial charge >= 0.3 is 5.97 Å². The SMILES string of the molecule is CCOC(=O)Cc1c(C(F)F)cnc(F)c1F. The Morgan fingerprint density at radius 1 is 1.47 bits per heavy atom. The van der Waals surface area contributed by atoms with Crippen molar-refractivity contribution in [1.82, 2.24) is 4.98 Å². The summed E-state index contributed by atoms with van der Waals surface area (Å²) in [4.78, 5) is 13.9. The molecule has 1 heterocycles. The molecule has 0 atom stereocenters. The molecule has 1 aromatic rings. The van der Waals surface area contributed by atoms with E-state index in [1.807, 2.05) is 0 Å². The number of ether oxygens (including phenoxy) is 1. The molecule has 0 radical (unpaired) electrons. The Balaban J connectivity index is 3.10. The molecule has 0 N–H and O–H groups in total. The maximum Gasteiger partial charge on any atom is 0.310 e. The van der Waals surface area contributed by atoms with Gasteiger partial charge in [-0.1, -0.05) is 0 Å². The molecule has 17 heavy (non-hydrogen) atoms. The summed E-state index contributed by atoms with van der Waals surface area (Å²) in [6, 6.07) is 0. The van der Waals surface area contributed by atoms with Crippen molar-refractivity contribution in [2.24, 2.45) is 0 Å². The predicted octanol–water partition coefficient (Wildman–Crippen LogP) is 2.40. The lowest BCUT2D eigenvalue weighted by atomic mass is 10.1. The molecule has 0 saturated carbocycles. The van der Waals surface area contributed by atoms with Gasteiger partial charge in [0.15, 0.2) is 5.82 Å². The second-order valence-electron chi connectivity index (χ2n) is 3.08. The van der Waals surface area contributed by atoms with Crippen LogP contribution in [0.5, 0.6) is 0 Å². The van der Waals surface area contributed by atoms with E-state index in [1.165, 1.54) is 6.92 Å². The number of nitrogens with zero attached hydrogens (tertiary/aromatic N) is 1. The molecular weight excluding hydrogens is 242 g/mol. The summed E-state index contributed by atoms with van der Waals surface area (Å²) in [5, 5.41) is 0. The molecule has 0 fully saturated rings. The highest BCUT2D eigenvalue weighted by molar-refractivity contribution is 5.73. The third-order valence-corrected chi connectivity index (χ3v) is 1.97. The Bertz CT molecular complexity index is 423. The maximum atomic E-state index is 13.2. The molecule has 1 aromatic heterocycles. The van der Waals surface area contributed by atoms with Crippen molar-refractivity contribution in [2.75, 3.05) is 6.61 Å². The zero-order chi connectivity index (χ0) is 13.0. The lowest BCUT2D eigenvalue weighted by Crippen LogP contribution is -2.13. The summed E-state index contributed by atoms with van der Waals surface area (Å²) in [6.07, 6.45) is -3.28. The number of hydrogen-bond donors (Lipinski definition) is 0. The Hall–Kier alpha value is -1.66. The number of halogens is 4. The van der Waals surface area contributed by atoms with E-state index in [2.05, 4.69) is 9.72 Å². The standard InChI is InChI=1S/C10H9F4NO2/c1-2-17-7(16)3-5-6(9(12)13)4-15-10(14)8(5)11/h4,9H,2-3H2,1H3. The fourth-order valence-electron chi connectivity index (χ4n) is 1.24. The van der Waals surface area contributed by atoms with Crippen LogP contribution >= 0.6 is 0 Å². The average molecular weight is 251 g/mol. The van der Waals surface area contributed by atoms with Gasteiger partial charge in [-0.3, -0.25) is 4.79 Å². The first-order valence-corrected chi connectivity index (χ1v) is 4.73. The zero-order valence-electron chi connectivity index (χ0n) is 8.84. The van der Waals surface area contributed by atoms with Gasteiger partial charge in [0.25, 0.3) is 6.43 Å². The van der Waals surface area contributed by atoms with Crippen LogP contribution in [0.1, 0.15) is 24.5 Å². The number of aromatic nitrogens is 1. The fourth-order valence-corrected chi connectivity index (χ4v) is 1.24. The van der Waals surface area contributed by atoms with E-state index < -0.39 is 41.7 Å². The summed E-state index contributed by atoms with van der Waals surface area (Å²) in [5.74, 6) is -3.97. The van der Waals surface area contributed by atoms with Crippen molar-refractivity contribution < 1.29 is 27.1 Å². The van der Waals surface area contributed by atoms with Gasteiger partial charge in [0, 0.05) is 17.3 Å². The molecule has 0 spiro atoms. The first-order valence-electron chi connectivity index (χ1n) is 4.73. The van der Waals surface area contributed by atoms with Gasteiger partial charge in [0.05, 0.1) is 13.0 Å². The highest BCUT2D eigenvalue weighted by Gasteiger charge is 2.23. The van der Waals surface area contributed by atoms with Gasteiger partial charge in [0.2, 0.25) is 5.95 Å². The van der Waals surface area contributed by atoms with Gasteiger partial charge in [-0.25, -0.2) is 18.2 Å². The minimum atomic E-state index is -3.04. The third kappa shape index (κ3) is 3.15. The normalized spacial score (nSPS) is 10.7. The van der Waals surface area contributed by atoms with Gasteiger partial charge in [0.1, 0.15) is 0 Å². The van der Waals surface area contributed by atoms with Crippen LogP contribution in [0, 0.1) is 11.8 Å². The van der Waals surface area contributed by atoms with E-state index in [0.717, 1.165) is 0 Å². The molecule has 0 aromatic carbocycles. The van der Waals surface area contributed by atoms with E-state index in [9.17, 15) is 22.4 Å². The number of carbonyl (C=O) groups excluding carboxylic acids is 1. The van der Waals surface area contributed by atoms with Gasteiger partial charge in [-0.05, 0) is 6.92 Å². The van der Waals surface area contributed by atoms with Crippen molar-refractivity contribution in [3.63, 3.8) is 0 Å². The fraction of sp³-hybridized carbons (Fsp3) is 0.400. The van der Waals surface area contributed by atoms with Crippen molar-refractivity contribution >= 4 is 5.97 Å². The maximum absolute atomic E-state index is 13.2. The van der Waals surface area contributed by atoms with E-state index in [1.54, 1.807) is 0 Å². The van der Waals surface area contributed by atoms with Crippen LogP contribution in [0.4, 0.5) is 17.6 Å².